The first-order valence-corrected chi connectivity index (χ1v) is 7.51. The number of rotatable bonds is 3. The van der Waals surface area contributed by atoms with Crippen LogP contribution in [0.3, 0.4) is 0 Å². The normalized spacial score (nSPS) is 20.8. The van der Waals surface area contributed by atoms with Crippen molar-refractivity contribution in [1.29, 1.82) is 0 Å². The molecule has 0 aromatic heterocycles. The summed E-state index contributed by atoms with van der Waals surface area (Å²) < 4.78 is 19.1. The van der Waals surface area contributed by atoms with Gasteiger partial charge >= 0.3 is 6.09 Å². The number of nitrogens with two attached hydrogens (primary N) is 1. The number of cyclic esters (lactones) is 1. The van der Waals surface area contributed by atoms with Crippen LogP contribution < -0.4 is 16.1 Å². The maximum atomic E-state index is 14.3. The van der Waals surface area contributed by atoms with Crippen molar-refractivity contribution < 1.29 is 23.5 Å². The number of hydrazone groups is 1. The molecule has 10 heteroatoms. The third-order valence-electron chi connectivity index (χ3n) is 3.25. The van der Waals surface area contributed by atoms with Gasteiger partial charge in [-0.2, -0.15) is 5.10 Å². The molecule has 1 aromatic rings. The van der Waals surface area contributed by atoms with Gasteiger partial charge in [0.2, 0.25) is 0 Å². The zero-order valence-electron chi connectivity index (χ0n) is 11.6. The zero-order chi connectivity index (χ0) is 16.6. The fourth-order valence-electron chi connectivity index (χ4n) is 2.12. The van der Waals surface area contributed by atoms with Gasteiger partial charge in [0.25, 0.3) is 11.8 Å². The molecule has 2 aliphatic heterocycles. The number of amides is 3. The van der Waals surface area contributed by atoms with Gasteiger partial charge in [-0.1, -0.05) is 11.8 Å². The van der Waals surface area contributed by atoms with Crippen LogP contribution in [0.1, 0.15) is 5.56 Å². The Morgan fingerprint density at radius 2 is 2.26 bits per heavy atom. The summed E-state index contributed by atoms with van der Waals surface area (Å²) in [4.78, 5) is 35.0. The second-order valence-electron chi connectivity index (χ2n) is 4.79. The molecule has 0 bridgehead atoms. The highest BCUT2D eigenvalue weighted by Gasteiger charge is 2.36. The van der Waals surface area contributed by atoms with Gasteiger partial charge in [-0.15, -0.1) is 0 Å². The Morgan fingerprint density at radius 3 is 2.83 bits per heavy atom. The van der Waals surface area contributed by atoms with Gasteiger partial charge in [-0.05, 0) is 18.2 Å². The zero-order valence-corrected chi connectivity index (χ0v) is 12.4. The number of thioether (sulfide) groups is 1. The van der Waals surface area contributed by atoms with Gasteiger partial charge in [-0.3, -0.25) is 14.5 Å². The molecule has 0 aliphatic carbocycles. The predicted octanol–water partition coefficient (Wildman–Crippen LogP) is 0.161. The Morgan fingerprint density at radius 1 is 1.48 bits per heavy atom. The van der Waals surface area contributed by atoms with Crippen LogP contribution in [0, 0.1) is 5.82 Å². The molecule has 2 aliphatic rings. The first-order valence-electron chi connectivity index (χ1n) is 6.52. The second-order valence-corrected chi connectivity index (χ2v) is 5.75. The first kappa shape index (κ1) is 15.3. The van der Waals surface area contributed by atoms with Crippen molar-refractivity contribution in [1.82, 2.24) is 5.43 Å². The lowest BCUT2D eigenvalue weighted by Crippen LogP contribution is -2.32. The number of hydrogen-bond acceptors (Lipinski definition) is 6. The van der Waals surface area contributed by atoms with Gasteiger partial charge in [0, 0.05) is 5.56 Å². The summed E-state index contributed by atoms with van der Waals surface area (Å²) in [6, 6.07) is 4.08. The fraction of sp³-hybridized carbons (Fsp3) is 0.231. The summed E-state index contributed by atoms with van der Waals surface area (Å²) in [7, 11) is 0. The summed E-state index contributed by atoms with van der Waals surface area (Å²) in [5.41, 5.74) is 7.82. The highest BCUT2D eigenvalue weighted by atomic mass is 32.2. The van der Waals surface area contributed by atoms with Crippen molar-refractivity contribution in [2.24, 2.45) is 10.8 Å². The van der Waals surface area contributed by atoms with E-state index in [9.17, 15) is 18.8 Å². The Bertz CT molecular complexity index is 739. The quantitative estimate of drug-likeness (QED) is 0.815. The Balaban J connectivity index is 1.84. The van der Waals surface area contributed by atoms with Crippen LogP contribution in [0.15, 0.2) is 23.3 Å². The van der Waals surface area contributed by atoms with E-state index in [4.69, 9.17) is 10.5 Å². The van der Waals surface area contributed by atoms with Crippen LogP contribution in [0.2, 0.25) is 0 Å². The Hall–Kier alpha value is -2.62. The number of primary amides is 1. The molecule has 3 amide bonds. The van der Waals surface area contributed by atoms with Crippen LogP contribution in [0.25, 0.3) is 0 Å². The molecular formula is C13H11FN4O4S. The molecule has 0 spiro atoms. The van der Waals surface area contributed by atoms with Crippen LogP contribution in [0.5, 0.6) is 0 Å². The smallest absolute Gasteiger partial charge is 0.415 e. The number of halogens is 1. The molecule has 120 valence electrons. The molecule has 2 heterocycles. The lowest BCUT2D eigenvalue weighted by molar-refractivity contribution is -0.124. The number of nitrogens with one attached hydrogen (secondary N) is 1. The third kappa shape index (κ3) is 2.97. The van der Waals surface area contributed by atoms with Gasteiger partial charge in [0.15, 0.2) is 6.10 Å². The standard InChI is InChI=1S/C13H11FN4O4S/c14-8-3-6(18-4-9(11(15)20)22-13(18)21)1-2-7(8)12-17-16-10(19)5-23-12/h1-3,9H,4-5H2,(H2,15,20)(H,16,19)/t9-/m1/s1. The molecule has 0 saturated carbocycles. The van der Waals surface area contributed by atoms with E-state index in [1.165, 1.54) is 12.1 Å². The van der Waals surface area contributed by atoms with E-state index >= 15 is 0 Å². The van der Waals surface area contributed by atoms with E-state index in [2.05, 4.69) is 10.5 Å². The van der Waals surface area contributed by atoms with E-state index in [1.807, 2.05) is 0 Å². The maximum Gasteiger partial charge on any atom is 0.415 e. The van der Waals surface area contributed by atoms with Crippen LogP contribution >= 0.6 is 11.8 Å². The number of carbonyl (C=O) groups excluding carboxylic acids is 3. The summed E-state index contributed by atoms with van der Waals surface area (Å²) in [6.45, 7) is -0.0707. The average Bonchev–Trinajstić information content (AvgIpc) is 2.90. The van der Waals surface area contributed by atoms with Crippen LogP contribution in [0.4, 0.5) is 14.9 Å². The van der Waals surface area contributed by atoms with Crippen LogP contribution in [-0.4, -0.2) is 41.4 Å². The highest BCUT2D eigenvalue weighted by Crippen LogP contribution is 2.26. The molecule has 0 unspecified atom stereocenters. The van der Waals surface area contributed by atoms with Crippen molar-refractivity contribution in [2.45, 2.75) is 6.10 Å². The molecule has 1 aromatic carbocycles. The molecule has 0 radical (unpaired) electrons. The summed E-state index contributed by atoms with van der Waals surface area (Å²) >= 11 is 1.11. The molecule has 23 heavy (non-hydrogen) atoms. The van der Waals surface area contributed by atoms with E-state index in [-0.39, 0.29) is 29.5 Å². The number of hydrogen-bond donors (Lipinski definition) is 2. The summed E-state index contributed by atoms with van der Waals surface area (Å²) in [6.07, 6.45) is -1.82. The van der Waals surface area contributed by atoms with Gasteiger partial charge in [-0.25, -0.2) is 14.6 Å². The molecule has 3 rings (SSSR count). The number of nitrogens with zero attached hydrogens (tertiary/aromatic N) is 2. The maximum absolute atomic E-state index is 14.3. The minimum atomic E-state index is -1.06. The summed E-state index contributed by atoms with van der Waals surface area (Å²) in [5.74, 6) is -1.48. The van der Waals surface area contributed by atoms with Gasteiger partial charge < -0.3 is 10.5 Å². The monoisotopic (exact) mass is 338 g/mol. The number of anilines is 1. The van der Waals surface area contributed by atoms with E-state index < -0.39 is 23.9 Å². The highest BCUT2D eigenvalue weighted by molar-refractivity contribution is 8.15. The van der Waals surface area contributed by atoms with Crippen molar-refractivity contribution in [2.75, 3.05) is 17.2 Å². The number of carbonyl (C=O) groups is 3. The first-order chi connectivity index (χ1) is 11.0. The van der Waals surface area contributed by atoms with Crippen molar-refractivity contribution in [3.05, 3.63) is 29.6 Å². The average molecular weight is 338 g/mol. The third-order valence-corrected chi connectivity index (χ3v) is 4.24. The van der Waals surface area contributed by atoms with E-state index in [0.29, 0.717) is 5.04 Å². The van der Waals surface area contributed by atoms with Gasteiger partial charge in [0.05, 0.1) is 18.0 Å². The van der Waals surface area contributed by atoms with Crippen molar-refractivity contribution in [3.8, 4) is 0 Å². The van der Waals surface area contributed by atoms with E-state index in [1.54, 1.807) is 0 Å². The molecule has 8 nitrogen and oxygen atoms in total. The molecule has 1 saturated heterocycles. The summed E-state index contributed by atoms with van der Waals surface area (Å²) in [5, 5.41) is 4.13. The predicted molar refractivity (Wildman–Crippen MR) is 80.3 cm³/mol. The Kier molecular flexibility index (Phi) is 3.90. The van der Waals surface area contributed by atoms with E-state index in [0.717, 1.165) is 22.7 Å². The minimum absolute atomic E-state index is 0.0707. The number of benzene rings is 1. The lowest BCUT2D eigenvalue weighted by atomic mass is 10.2. The fourth-order valence-corrected chi connectivity index (χ4v) is 2.88. The van der Waals surface area contributed by atoms with Crippen molar-refractivity contribution >= 4 is 40.4 Å². The molecular weight excluding hydrogens is 327 g/mol. The largest absolute Gasteiger partial charge is 0.434 e. The Labute approximate surface area is 133 Å². The second kappa shape index (κ2) is 5.88. The molecule has 1 fully saturated rings. The van der Waals surface area contributed by atoms with Gasteiger partial charge in [0.1, 0.15) is 10.9 Å². The van der Waals surface area contributed by atoms with Crippen molar-refractivity contribution in [3.63, 3.8) is 0 Å². The lowest BCUT2D eigenvalue weighted by Gasteiger charge is -2.16. The van der Waals surface area contributed by atoms with Crippen LogP contribution in [-0.2, 0) is 14.3 Å². The number of ether oxygens (including phenoxy) is 1. The minimum Gasteiger partial charge on any atom is -0.434 e. The molecule has 3 N–H and O–H groups in total. The molecule has 1 atom stereocenters. The SMILES string of the molecule is NC(=O)[C@H]1CN(c2ccc(C3=NNC(=O)CS3)c(F)c2)C(=O)O1. The topological polar surface area (TPSA) is 114 Å².